The molecule has 10 heteroatoms. The molecule has 1 aliphatic rings. The number of fused-ring (bicyclic) bond motifs is 1. The van der Waals surface area contributed by atoms with E-state index in [4.69, 9.17) is 23.4 Å². The Balaban J connectivity index is 1.54. The van der Waals surface area contributed by atoms with E-state index in [9.17, 15) is 8.42 Å². The summed E-state index contributed by atoms with van der Waals surface area (Å²) >= 11 is 0. The molecule has 2 heterocycles. The summed E-state index contributed by atoms with van der Waals surface area (Å²) in [6, 6.07) is 18.6. The summed E-state index contributed by atoms with van der Waals surface area (Å²) < 4.78 is 55.4. The van der Waals surface area contributed by atoms with Gasteiger partial charge in [-0.25, -0.2) is 8.42 Å². The Morgan fingerprint density at radius 1 is 0.919 bits per heavy atom. The maximum absolute atomic E-state index is 13.7. The average Bonchev–Trinajstić information content (AvgIpc) is 3.37. The largest absolute Gasteiger partial charge is 0.497 e. The van der Waals surface area contributed by atoms with Crippen molar-refractivity contribution in [1.82, 2.24) is 4.98 Å². The molecule has 4 aromatic rings. The highest BCUT2D eigenvalue weighted by Gasteiger charge is 2.30. The number of hydrogen-bond donors (Lipinski definition) is 1. The molecule has 192 valence electrons. The predicted octanol–water partition coefficient (Wildman–Crippen LogP) is 5.49. The number of nitrogens with zero attached hydrogens (tertiary/aromatic N) is 1. The lowest BCUT2D eigenvalue weighted by molar-refractivity contribution is 0.171. The van der Waals surface area contributed by atoms with E-state index < -0.39 is 9.84 Å². The summed E-state index contributed by atoms with van der Waals surface area (Å²) in [4.78, 5) is 4.42. The lowest BCUT2D eigenvalue weighted by atomic mass is 10.2. The first-order chi connectivity index (χ1) is 18.0. The Kier molecular flexibility index (Phi) is 6.91. The smallest absolute Gasteiger partial charge is 0.238 e. The zero-order valence-corrected chi connectivity index (χ0v) is 21.2. The van der Waals surface area contributed by atoms with Crippen molar-refractivity contribution >= 4 is 21.4 Å². The van der Waals surface area contributed by atoms with E-state index in [0.29, 0.717) is 54.1 Å². The Bertz CT molecular complexity index is 1480. The fourth-order valence-corrected chi connectivity index (χ4v) is 4.98. The molecule has 1 aliphatic heterocycles. The van der Waals surface area contributed by atoms with E-state index in [1.807, 2.05) is 6.92 Å². The molecule has 0 saturated carbocycles. The number of rotatable bonds is 9. The number of aromatic nitrogens is 1. The average molecular weight is 523 g/mol. The molecule has 0 amide bonds. The molecule has 37 heavy (non-hydrogen) atoms. The second kappa shape index (κ2) is 10.4. The van der Waals surface area contributed by atoms with Crippen LogP contribution in [-0.4, -0.2) is 40.3 Å². The first kappa shape index (κ1) is 24.5. The summed E-state index contributed by atoms with van der Waals surface area (Å²) in [7, 11) is -2.52. The summed E-state index contributed by atoms with van der Waals surface area (Å²) in [5.41, 5.74) is 1.20. The molecule has 0 atom stereocenters. The van der Waals surface area contributed by atoms with Crippen molar-refractivity contribution in [2.24, 2.45) is 0 Å². The Morgan fingerprint density at radius 2 is 1.62 bits per heavy atom. The van der Waals surface area contributed by atoms with Gasteiger partial charge in [0.15, 0.2) is 11.5 Å². The summed E-state index contributed by atoms with van der Waals surface area (Å²) in [5, 5.41) is 2.80. The quantitative estimate of drug-likeness (QED) is 0.305. The van der Waals surface area contributed by atoms with Crippen molar-refractivity contribution in [3.8, 4) is 34.5 Å². The van der Waals surface area contributed by atoms with Crippen LogP contribution in [-0.2, 0) is 9.84 Å². The van der Waals surface area contributed by atoms with Crippen molar-refractivity contribution in [1.29, 1.82) is 0 Å². The standard InChI is InChI=1S/C27H26N2O7S/c1-3-14-33-21-8-4-18(5-9-21)25-29-27(26(36-25)28-19-6-10-20(32-2)11-7-19)37(30,31)22-12-13-23-24(17-22)35-16-15-34-23/h4-13,17,28H,3,14-16H2,1-2H3. The van der Waals surface area contributed by atoms with Gasteiger partial charge in [0.25, 0.3) is 0 Å². The van der Waals surface area contributed by atoms with Gasteiger partial charge in [0.1, 0.15) is 24.7 Å². The first-order valence-corrected chi connectivity index (χ1v) is 13.3. The van der Waals surface area contributed by atoms with Crippen molar-refractivity contribution < 1.29 is 31.8 Å². The summed E-state index contributed by atoms with van der Waals surface area (Å²) in [5.74, 6) is 2.36. The van der Waals surface area contributed by atoms with E-state index in [2.05, 4.69) is 10.3 Å². The molecule has 0 saturated heterocycles. The van der Waals surface area contributed by atoms with Gasteiger partial charge >= 0.3 is 0 Å². The predicted molar refractivity (Wildman–Crippen MR) is 137 cm³/mol. The van der Waals surface area contributed by atoms with Crippen LogP contribution >= 0.6 is 0 Å². The van der Waals surface area contributed by atoms with E-state index >= 15 is 0 Å². The van der Waals surface area contributed by atoms with E-state index in [0.717, 1.165) is 6.42 Å². The van der Waals surface area contributed by atoms with Crippen LogP contribution in [0.2, 0.25) is 0 Å². The molecule has 0 bridgehead atoms. The molecular formula is C27H26N2O7S. The van der Waals surface area contributed by atoms with Crippen LogP contribution in [0, 0.1) is 0 Å². The van der Waals surface area contributed by atoms with Crippen molar-refractivity contribution in [3.05, 3.63) is 66.7 Å². The molecule has 0 aliphatic carbocycles. The third-order valence-electron chi connectivity index (χ3n) is 5.60. The molecule has 3 aromatic carbocycles. The van der Waals surface area contributed by atoms with Gasteiger partial charge in [-0.1, -0.05) is 6.92 Å². The normalized spacial score (nSPS) is 12.7. The fraction of sp³-hybridized carbons (Fsp3) is 0.222. The van der Waals surface area contributed by atoms with Crippen LogP contribution in [0.15, 0.2) is 81.1 Å². The Morgan fingerprint density at radius 3 is 2.32 bits per heavy atom. The minimum atomic E-state index is -4.10. The van der Waals surface area contributed by atoms with Crippen LogP contribution in [0.4, 0.5) is 11.6 Å². The van der Waals surface area contributed by atoms with Crippen LogP contribution in [0.1, 0.15) is 13.3 Å². The number of oxazole rings is 1. The second-order valence-corrected chi connectivity index (χ2v) is 10.1. The van der Waals surface area contributed by atoms with Gasteiger partial charge in [-0.15, -0.1) is 0 Å². The monoisotopic (exact) mass is 522 g/mol. The van der Waals surface area contributed by atoms with Crippen molar-refractivity contribution in [3.63, 3.8) is 0 Å². The van der Waals surface area contributed by atoms with E-state index in [1.54, 1.807) is 61.7 Å². The third-order valence-corrected chi connectivity index (χ3v) is 7.26. The molecule has 5 rings (SSSR count). The van der Waals surface area contributed by atoms with Crippen molar-refractivity contribution in [2.75, 3.05) is 32.2 Å². The summed E-state index contributed by atoms with van der Waals surface area (Å²) in [6.45, 7) is 3.38. The van der Waals surface area contributed by atoms with Gasteiger partial charge in [-0.3, -0.25) is 0 Å². The molecule has 0 unspecified atom stereocenters. The zero-order valence-electron chi connectivity index (χ0n) is 20.4. The van der Waals surface area contributed by atoms with Crippen LogP contribution in [0.5, 0.6) is 23.0 Å². The minimum absolute atomic E-state index is 0.0118. The van der Waals surface area contributed by atoms with E-state index in [-0.39, 0.29) is 21.7 Å². The maximum Gasteiger partial charge on any atom is 0.238 e. The Hall–Kier alpha value is -4.18. The third kappa shape index (κ3) is 5.19. The topological polar surface area (TPSA) is 109 Å². The number of anilines is 2. The maximum atomic E-state index is 13.7. The molecule has 9 nitrogen and oxygen atoms in total. The summed E-state index contributed by atoms with van der Waals surface area (Å²) in [6.07, 6.45) is 0.892. The van der Waals surface area contributed by atoms with Crippen LogP contribution < -0.4 is 24.3 Å². The van der Waals surface area contributed by atoms with Gasteiger partial charge in [0.2, 0.25) is 26.6 Å². The van der Waals surface area contributed by atoms with Crippen LogP contribution in [0.25, 0.3) is 11.5 Å². The molecule has 0 spiro atoms. The molecule has 0 radical (unpaired) electrons. The number of nitrogens with one attached hydrogen (secondary N) is 1. The van der Waals surface area contributed by atoms with Gasteiger partial charge < -0.3 is 28.7 Å². The fourth-order valence-electron chi connectivity index (χ4n) is 3.71. The lowest BCUT2D eigenvalue weighted by Gasteiger charge is -2.18. The minimum Gasteiger partial charge on any atom is -0.497 e. The zero-order chi connectivity index (χ0) is 25.8. The molecular weight excluding hydrogens is 496 g/mol. The van der Waals surface area contributed by atoms with Crippen LogP contribution in [0.3, 0.4) is 0 Å². The lowest BCUT2D eigenvalue weighted by Crippen LogP contribution is -2.16. The highest BCUT2D eigenvalue weighted by atomic mass is 32.2. The van der Waals surface area contributed by atoms with Gasteiger partial charge in [-0.2, -0.15) is 4.98 Å². The van der Waals surface area contributed by atoms with Gasteiger partial charge in [0, 0.05) is 17.3 Å². The number of methoxy groups -OCH3 is 1. The molecule has 0 fully saturated rings. The van der Waals surface area contributed by atoms with Gasteiger partial charge in [0.05, 0.1) is 18.6 Å². The molecule has 1 N–H and O–H groups in total. The highest BCUT2D eigenvalue weighted by molar-refractivity contribution is 7.91. The highest BCUT2D eigenvalue weighted by Crippen LogP contribution is 2.38. The SMILES string of the molecule is CCCOc1ccc(-c2nc(S(=O)(=O)c3ccc4c(c3)OCCO4)c(Nc3ccc(OC)cc3)o2)cc1. The number of sulfone groups is 1. The van der Waals surface area contributed by atoms with Crippen molar-refractivity contribution in [2.45, 2.75) is 23.3 Å². The number of benzene rings is 3. The number of ether oxygens (including phenoxy) is 4. The molecule has 1 aromatic heterocycles. The number of hydrogen-bond acceptors (Lipinski definition) is 9. The Labute approximate surface area is 214 Å². The first-order valence-electron chi connectivity index (χ1n) is 11.8. The second-order valence-electron chi connectivity index (χ2n) is 8.19. The van der Waals surface area contributed by atoms with Gasteiger partial charge in [-0.05, 0) is 67.1 Å². The van der Waals surface area contributed by atoms with E-state index in [1.165, 1.54) is 12.1 Å².